The first kappa shape index (κ1) is 14.5. The van der Waals surface area contributed by atoms with Gasteiger partial charge in [-0.25, -0.2) is 0 Å². The van der Waals surface area contributed by atoms with Crippen molar-refractivity contribution >= 4 is 11.9 Å². The lowest BCUT2D eigenvalue weighted by atomic mass is 10.00. The van der Waals surface area contributed by atoms with Gasteiger partial charge in [-0.05, 0) is 19.9 Å². The van der Waals surface area contributed by atoms with Gasteiger partial charge < -0.3 is 15.5 Å². The lowest BCUT2D eigenvalue weighted by molar-refractivity contribution is 0.311. The topological polar surface area (TPSA) is 71.2 Å². The fourth-order valence-corrected chi connectivity index (χ4v) is 3.27. The Morgan fingerprint density at radius 1 is 0.905 bits per heavy atom. The van der Waals surface area contributed by atoms with Gasteiger partial charge in [0.05, 0.1) is 0 Å². The highest BCUT2D eigenvalue weighted by Gasteiger charge is 2.22. The molecular weight excluding hydrogens is 264 g/mol. The molecule has 21 heavy (non-hydrogen) atoms. The quantitative estimate of drug-likeness (QED) is 0.835. The molecule has 0 aromatic carbocycles. The molecule has 1 saturated carbocycles. The average Bonchev–Trinajstić information content (AvgIpc) is 2.76. The Kier molecular flexibility index (Phi) is 4.53. The van der Waals surface area contributed by atoms with Gasteiger partial charge in [0.25, 0.3) is 0 Å². The van der Waals surface area contributed by atoms with Crippen LogP contribution in [0.25, 0.3) is 0 Å². The van der Waals surface area contributed by atoms with E-state index in [4.69, 9.17) is 10.7 Å². The lowest BCUT2D eigenvalue weighted by Crippen LogP contribution is -2.45. The summed E-state index contributed by atoms with van der Waals surface area (Å²) in [5, 5.41) is 0. The second kappa shape index (κ2) is 6.56. The van der Waals surface area contributed by atoms with E-state index in [0.29, 0.717) is 11.9 Å². The predicted molar refractivity (Wildman–Crippen MR) is 84.4 cm³/mol. The lowest BCUT2D eigenvalue weighted by Gasteiger charge is -2.32. The summed E-state index contributed by atoms with van der Waals surface area (Å²) in [4.78, 5) is 18.1. The Morgan fingerprint density at radius 2 is 1.57 bits per heavy atom. The molecule has 1 aliphatic heterocycles. The van der Waals surface area contributed by atoms with Crippen LogP contribution in [0.15, 0.2) is 0 Å². The van der Waals surface area contributed by atoms with E-state index in [1.165, 1.54) is 38.5 Å². The number of piperazine rings is 1. The van der Waals surface area contributed by atoms with Gasteiger partial charge in [0.2, 0.25) is 11.9 Å². The van der Waals surface area contributed by atoms with E-state index < -0.39 is 0 Å². The Bertz CT molecular complexity index is 461. The summed E-state index contributed by atoms with van der Waals surface area (Å²) in [5.41, 5.74) is 5.94. The zero-order valence-electron chi connectivity index (χ0n) is 13.0. The smallest absolute Gasteiger partial charge is 0.230 e. The Hall–Kier alpha value is -1.43. The third kappa shape index (κ3) is 3.61. The van der Waals surface area contributed by atoms with Crippen LogP contribution in [-0.4, -0.2) is 53.1 Å². The monoisotopic (exact) mass is 290 g/mol. The number of nitrogens with two attached hydrogens (primary N) is 1. The highest BCUT2D eigenvalue weighted by Crippen LogP contribution is 2.30. The van der Waals surface area contributed by atoms with Crippen molar-refractivity contribution in [2.75, 3.05) is 43.9 Å². The van der Waals surface area contributed by atoms with Crippen molar-refractivity contribution in [3.8, 4) is 0 Å². The first-order chi connectivity index (χ1) is 10.2. The molecule has 1 aliphatic carbocycles. The highest BCUT2D eigenvalue weighted by molar-refractivity contribution is 5.36. The van der Waals surface area contributed by atoms with Crippen LogP contribution in [0, 0.1) is 0 Å². The van der Waals surface area contributed by atoms with E-state index in [2.05, 4.69) is 26.8 Å². The third-order valence-corrected chi connectivity index (χ3v) is 4.66. The summed E-state index contributed by atoms with van der Waals surface area (Å²) in [5.74, 6) is 2.52. The van der Waals surface area contributed by atoms with Gasteiger partial charge in [-0.2, -0.15) is 15.0 Å². The maximum Gasteiger partial charge on any atom is 0.230 e. The second-order valence-corrected chi connectivity index (χ2v) is 6.33. The fraction of sp³-hybridized carbons (Fsp3) is 0.800. The van der Waals surface area contributed by atoms with Gasteiger partial charge in [-0.15, -0.1) is 0 Å². The van der Waals surface area contributed by atoms with Crippen LogP contribution < -0.4 is 10.6 Å². The molecule has 1 aromatic heterocycles. The minimum Gasteiger partial charge on any atom is -0.368 e. The second-order valence-electron chi connectivity index (χ2n) is 6.33. The fourth-order valence-electron chi connectivity index (χ4n) is 3.27. The molecule has 2 aliphatic rings. The van der Waals surface area contributed by atoms with Crippen LogP contribution in [0.4, 0.5) is 11.9 Å². The number of nitrogen functional groups attached to an aromatic ring is 1. The van der Waals surface area contributed by atoms with Gasteiger partial charge in [0, 0.05) is 32.1 Å². The number of hydrogen-bond donors (Lipinski definition) is 1. The first-order valence-corrected chi connectivity index (χ1v) is 8.17. The summed E-state index contributed by atoms with van der Waals surface area (Å²) in [6, 6.07) is 0. The molecule has 116 valence electrons. The molecule has 2 heterocycles. The molecule has 0 bridgehead atoms. The minimum absolute atomic E-state index is 0.373. The molecule has 6 heteroatoms. The van der Waals surface area contributed by atoms with Gasteiger partial charge in [-0.1, -0.05) is 25.7 Å². The number of likely N-dealkylation sites (N-methyl/N-ethyl adjacent to an activating group) is 1. The van der Waals surface area contributed by atoms with Crippen LogP contribution in [0.5, 0.6) is 0 Å². The molecule has 0 radical (unpaired) electrons. The molecule has 2 fully saturated rings. The molecule has 1 aromatic rings. The van der Waals surface area contributed by atoms with Gasteiger partial charge in [0.1, 0.15) is 5.82 Å². The first-order valence-electron chi connectivity index (χ1n) is 8.17. The van der Waals surface area contributed by atoms with E-state index in [9.17, 15) is 0 Å². The van der Waals surface area contributed by atoms with E-state index in [1.807, 2.05) is 0 Å². The summed E-state index contributed by atoms with van der Waals surface area (Å²) < 4.78 is 0. The van der Waals surface area contributed by atoms with Crippen LogP contribution in [0.1, 0.15) is 50.3 Å². The minimum atomic E-state index is 0.373. The van der Waals surface area contributed by atoms with E-state index in [1.54, 1.807) is 0 Å². The van der Waals surface area contributed by atoms with Crippen molar-refractivity contribution < 1.29 is 0 Å². The summed E-state index contributed by atoms with van der Waals surface area (Å²) in [7, 11) is 2.15. The van der Waals surface area contributed by atoms with Crippen molar-refractivity contribution in [1.82, 2.24) is 19.9 Å². The average molecular weight is 290 g/mol. The van der Waals surface area contributed by atoms with E-state index in [-0.39, 0.29) is 0 Å². The van der Waals surface area contributed by atoms with Gasteiger partial charge in [0.15, 0.2) is 0 Å². The van der Waals surface area contributed by atoms with Gasteiger partial charge >= 0.3 is 0 Å². The Balaban J connectivity index is 1.78. The maximum atomic E-state index is 5.94. The largest absolute Gasteiger partial charge is 0.368 e. The molecule has 0 unspecified atom stereocenters. The van der Waals surface area contributed by atoms with E-state index >= 15 is 0 Å². The van der Waals surface area contributed by atoms with Crippen molar-refractivity contribution in [3.63, 3.8) is 0 Å². The number of aromatic nitrogens is 3. The number of anilines is 2. The number of rotatable bonds is 2. The molecule has 0 atom stereocenters. The molecule has 3 rings (SSSR count). The van der Waals surface area contributed by atoms with Crippen molar-refractivity contribution in [2.45, 2.75) is 44.4 Å². The van der Waals surface area contributed by atoms with Gasteiger partial charge in [-0.3, -0.25) is 0 Å². The molecule has 1 saturated heterocycles. The SMILES string of the molecule is CN1CCN(c2nc(N)nc(C3CCCCCC3)n2)CC1. The third-order valence-electron chi connectivity index (χ3n) is 4.66. The van der Waals surface area contributed by atoms with Crippen LogP contribution in [0.3, 0.4) is 0 Å². The van der Waals surface area contributed by atoms with Crippen molar-refractivity contribution in [1.29, 1.82) is 0 Å². The molecule has 0 spiro atoms. The molecule has 2 N–H and O–H groups in total. The van der Waals surface area contributed by atoms with Crippen LogP contribution in [0.2, 0.25) is 0 Å². The summed E-state index contributed by atoms with van der Waals surface area (Å²) in [6.07, 6.45) is 7.60. The standard InChI is InChI=1S/C15H26N6/c1-20-8-10-21(11-9-20)15-18-13(17-14(16)19-15)12-6-4-2-3-5-7-12/h12H,2-11H2,1H3,(H2,16,17,18,19). The number of hydrogen-bond acceptors (Lipinski definition) is 6. The normalized spacial score (nSPS) is 22.2. The Labute approximate surface area is 126 Å². The van der Waals surface area contributed by atoms with Crippen LogP contribution >= 0.6 is 0 Å². The maximum absolute atomic E-state index is 5.94. The van der Waals surface area contributed by atoms with Crippen molar-refractivity contribution in [2.24, 2.45) is 0 Å². The predicted octanol–water partition coefficient (Wildman–Crippen LogP) is 1.64. The molecule has 6 nitrogen and oxygen atoms in total. The zero-order valence-corrected chi connectivity index (χ0v) is 13.0. The summed E-state index contributed by atoms with van der Waals surface area (Å²) >= 11 is 0. The molecular formula is C15H26N6. The number of nitrogens with zero attached hydrogens (tertiary/aromatic N) is 5. The van der Waals surface area contributed by atoms with Crippen molar-refractivity contribution in [3.05, 3.63) is 5.82 Å². The zero-order chi connectivity index (χ0) is 14.7. The van der Waals surface area contributed by atoms with E-state index in [0.717, 1.165) is 38.0 Å². The Morgan fingerprint density at radius 3 is 2.24 bits per heavy atom. The summed E-state index contributed by atoms with van der Waals surface area (Å²) in [6.45, 7) is 4.02. The van der Waals surface area contributed by atoms with Crippen LogP contribution in [-0.2, 0) is 0 Å². The highest BCUT2D eigenvalue weighted by atomic mass is 15.3. The molecule has 0 amide bonds.